The zero-order valence-electron chi connectivity index (χ0n) is 17.9. The number of benzene rings is 2. The Morgan fingerprint density at radius 3 is 2.66 bits per heavy atom. The van der Waals surface area contributed by atoms with E-state index >= 15 is 0 Å². The minimum Gasteiger partial charge on any atom is -0.497 e. The molecule has 4 rings (SSSR count). The summed E-state index contributed by atoms with van der Waals surface area (Å²) < 4.78 is 12.2. The highest BCUT2D eigenvalue weighted by molar-refractivity contribution is 8.00. The highest BCUT2D eigenvalue weighted by Crippen LogP contribution is 2.29. The van der Waals surface area contributed by atoms with Crippen molar-refractivity contribution < 1.29 is 14.3 Å². The van der Waals surface area contributed by atoms with E-state index in [9.17, 15) is 4.79 Å². The number of hydrogen-bond acceptors (Lipinski definition) is 8. The van der Waals surface area contributed by atoms with Gasteiger partial charge in [-0.05, 0) is 24.6 Å². The van der Waals surface area contributed by atoms with Crippen LogP contribution in [-0.4, -0.2) is 50.8 Å². The first kappa shape index (κ1) is 21.6. The molecule has 2 aromatic carbocycles. The maximum absolute atomic E-state index is 12.5. The van der Waals surface area contributed by atoms with Gasteiger partial charge in [0.05, 0.1) is 32.2 Å². The molecule has 0 aliphatic heterocycles. The van der Waals surface area contributed by atoms with Crippen molar-refractivity contribution >= 4 is 34.5 Å². The SMILES string of the molecule is COc1ccc(NC(=O)CSc2ncnc3c2nnn3Cc2ccc(C)cc2)c(OC)c1. The van der Waals surface area contributed by atoms with Crippen LogP contribution in [0.5, 0.6) is 11.5 Å². The predicted molar refractivity (Wildman–Crippen MR) is 122 cm³/mol. The number of anilines is 1. The molecule has 4 aromatic rings. The van der Waals surface area contributed by atoms with Gasteiger partial charge in [-0.2, -0.15) is 0 Å². The van der Waals surface area contributed by atoms with Gasteiger partial charge >= 0.3 is 0 Å². The summed E-state index contributed by atoms with van der Waals surface area (Å²) in [6, 6.07) is 13.4. The number of aryl methyl sites for hydroxylation is 1. The van der Waals surface area contributed by atoms with Crippen LogP contribution in [0.3, 0.4) is 0 Å². The molecule has 0 bridgehead atoms. The number of hydrogen-bond donors (Lipinski definition) is 1. The van der Waals surface area contributed by atoms with Crippen LogP contribution in [-0.2, 0) is 11.3 Å². The number of amides is 1. The van der Waals surface area contributed by atoms with Gasteiger partial charge in [0.2, 0.25) is 5.91 Å². The average Bonchev–Trinajstić information content (AvgIpc) is 3.22. The number of carbonyl (C=O) groups is 1. The number of rotatable bonds is 8. The maximum Gasteiger partial charge on any atom is 0.234 e. The summed E-state index contributed by atoms with van der Waals surface area (Å²) in [4.78, 5) is 21.1. The second-order valence-corrected chi connectivity index (χ2v) is 7.95. The highest BCUT2D eigenvalue weighted by Gasteiger charge is 2.15. The quantitative estimate of drug-likeness (QED) is 0.322. The van der Waals surface area contributed by atoms with Crippen LogP contribution in [0.2, 0.25) is 0 Å². The normalized spacial score (nSPS) is 10.8. The number of ether oxygens (including phenoxy) is 2. The molecule has 0 atom stereocenters. The van der Waals surface area contributed by atoms with Gasteiger partial charge in [0.1, 0.15) is 22.9 Å². The number of thioether (sulfide) groups is 1. The zero-order chi connectivity index (χ0) is 22.5. The first-order valence-electron chi connectivity index (χ1n) is 9.82. The molecule has 10 heteroatoms. The van der Waals surface area contributed by atoms with Gasteiger partial charge in [-0.1, -0.05) is 46.8 Å². The lowest BCUT2D eigenvalue weighted by molar-refractivity contribution is -0.113. The van der Waals surface area contributed by atoms with E-state index in [-0.39, 0.29) is 11.7 Å². The summed E-state index contributed by atoms with van der Waals surface area (Å²) in [5, 5.41) is 11.9. The lowest BCUT2D eigenvalue weighted by Crippen LogP contribution is -2.15. The van der Waals surface area contributed by atoms with E-state index in [4.69, 9.17) is 9.47 Å². The summed E-state index contributed by atoms with van der Waals surface area (Å²) in [7, 11) is 3.11. The highest BCUT2D eigenvalue weighted by atomic mass is 32.2. The summed E-state index contributed by atoms with van der Waals surface area (Å²) in [5.41, 5.74) is 4.06. The molecule has 2 heterocycles. The fourth-order valence-corrected chi connectivity index (χ4v) is 3.80. The average molecular weight is 451 g/mol. The van der Waals surface area contributed by atoms with Gasteiger partial charge in [0.25, 0.3) is 0 Å². The van der Waals surface area contributed by atoms with E-state index in [2.05, 4.69) is 49.9 Å². The second-order valence-electron chi connectivity index (χ2n) is 6.99. The Balaban J connectivity index is 1.45. The smallest absolute Gasteiger partial charge is 0.234 e. The molecule has 0 spiro atoms. The molecule has 0 radical (unpaired) electrons. The minimum atomic E-state index is -0.197. The molecule has 0 saturated heterocycles. The van der Waals surface area contributed by atoms with Crippen LogP contribution in [0.15, 0.2) is 53.8 Å². The van der Waals surface area contributed by atoms with Crippen LogP contribution >= 0.6 is 11.8 Å². The minimum absolute atomic E-state index is 0.145. The number of aromatic nitrogens is 5. The van der Waals surface area contributed by atoms with E-state index < -0.39 is 0 Å². The maximum atomic E-state index is 12.5. The third kappa shape index (κ3) is 4.80. The molecule has 0 aliphatic carbocycles. The topological polar surface area (TPSA) is 104 Å². The van der Waals surface area contributed by atoms with Crippen LogP contribution < -0.4 is 14.8 Å². The Morgan fingerprint density at radius 2 is 1.91 bits per heavy atom. The Morgan fingerprint density at radius 1 is 1.09 bits per heavy atom. The van der Waals surface area contributed by atoms with Crippen molar-refractivity contribution in [3.63, 3.8) is 0 Å². The standard InChI is InChI=1S/C22H22N6O3S/c1-14-4-6-15(7-5-14)11-28-21-20(26-27-28)22(24-13-23-21)32-12-19(29)25-17-9-8-16(30-2)10-18(17)31-3/h4-10,13H,11-12H2,1-3H3,(H,25,29). The Kier molecular flexibility index (Phi) is 6.50. The lowest BCUT2D eigenvalue weighted by atomic mass is 10.1. The van der Waals surface area contributed by atoms with Crippen LogP contribution in [0, 0.1) is 6.92 Å². The van der Waals surface area contributed by atoms with E-state index in [1.807, 2.05) is 6.92 Å². The molecule has 0 unspecified atom stereocenters. The van der Waals surface area contributed by atoms with E-state index in [1.54, 1.807) is 30.0 Å². The molecule has 1 amide bonds. The van der Waals surface area contributed by atoms with Crippen molar-refractivity contribution in [2.45, 2.75) is 18.5 Å². The van der Waals surface area contributed by atoms with Gasteiger partial charge in [-0.25, -0.2) is 14.6 Å². The number of carbonyl (C=O) groups excluding carboxylic acids is 1. The van der Waals surface area contributed by atoms with Crippen LogP contribution in [0.4, 0.5) is 5.69 Å². The largest absolute Gasteiger partial charge is 0.497 e. The van der Waals surface area contributed by atoms with Gasteiger partial charge in [-0.3, -0.25) is 4.79 Å². The number of fused-ring (bicyclic) bond motifs is 1. The summed E-state index contributed by atoms with van der Waals surface area (Å²) in [6.45, 7) is 2.60. The third-order valence-corrected chi connectivity index (χ3v) is 5.72. The van der Waals surface area contributed by atoms with Crippen molar-refractivity contribution in [1.29, 1.82) is 0 Å². The van der Waals surface area contributed by atoms with Crippen LogP contribution in [0.25, 0.3) is 11.2 Å². The molecule has 0 saturated carbocycles. The Bertz CT molecular complexity index is 1240. The van der Waals surface area contributed by atoms with Crippen molar-refractivity contribution in [3.05, 3.63) is 59.9 Å². The Hall–Kier alpha value is -3.66. The number of nitrogens with zero attached hydrogens (tertiary/aromatic N) is 5. The van der Waals surface area contributed by atoms with Crippen molar-refractivity contribution in [2.24, 2.45) is 0 Å². The Labute approximate surface area is 189 Å². The van der Waals surface area contributed by atoms with Gasteiger partial charge < -0.3 is 14.8 Å². The fraction of sp³-hybridized carbons (Fsp3) is 0.227. The van der Waals surface area contributed by atoms with Crippen molar-refractivity contribution in [2.75, 3.05) is 25.3 Å². The molecule has 0 fully saturated rings. The first-order chi connectivity index (χ1) is 15.6. The first-order valence-corrected chi connectivity index (χ1v) is 10.8. The zero-order valence-corrected chi connectivity index (χ0v) is 18.7. The summed E-state index contributed by atoms with van der Waals surface area (Å²) in [6.07, 6.45) is 1.46. The molecule has 9 nitrogen and oxygen atoms in total. The molecular weight excluding hydrogens is 428 g/mol. The van der Waals surface area contributed by atoms with Gasteiger partial charge in [-0.15, -0.1) is 5.10 Å². The molecule has 164 valence electrons. The van der Waals surface area contributed by atoms with E-state index in [1.165, 1.54) is 30.8 Å². The van der Waals surface area contributed by atoms with Crippen LogP contribution in [0.1, 0.15) is 11.1 Å². The molecule has 1 N–H and O–H groups in total. The van der Waals surface area contributed by atoms with Crippen molar-refractivity contribution in [3.8, 4) is 11.5 Å². The molecule has 32 heavy (non-hydrogen) atoms. The second kappa shape index (κ2) is 9.65. The van der Waals surface area contributed by atoms with E-state index in [0.29, 0.717) is 39.9 Å². The van der Waals surface area contributed by atoms with Gasteiger partial charge in [0, 0.05) is 6.07 Å². The predicted octanol–water partition coefficient (Wildman–Crippen LogP) is 3.33. The lowest BCUT2D eigenvalue weighted by Gasteiger charge is -2.11. The van der Waals surface area contributed by atoms with Gasteiger partial charge in [0.15, 0.2) is 11.2 Å². The number of methoxy groups -OCH3 is 2. The summed E-state index contributed by atoms with van der Waals surface area (Å²) >= 11 is 1.28. The monoisotopic (exact) mass is 450 g/mol. The molecular formula is C22H22N6O3S. The fourth-order valence-electron chi connectivity index (χ4n) is 3.07. The molecule has 2 aromatic heterocycles. The summed E-state index contributed by atoms with van der Waals surface area (Å²) in [5.74, 6) is 1.11. The van der Waals surface area contributed by atoms with Crippen molar-refractivity contribution in [1.82, 2.24) is 25.0 Å². The third-order valence-electron chi connectivity index (χ3n) is 4.74. The van der Waals surface area contributed by atoms with E-state index in [0.717, 1.165) is 5.56 Å². The molecule has 0 aliphatic rings. The number of nitrogens with one attached hydrogen (secondary N) is 1.